The Bertz CT molecular complexity index is 892. The Morgan fingerprint density at radius 1 is 0.839 bits per heavy atom. The summed E-state index contributed by atoms with van der Waals surface area (Å²) < 4.78 is 0. The van der Waals surface area contributed by atoms with Crippen LogP contribution in [0.1, 0.15) is 0 Å². The van der Waals surface area contributed by atoms with Crippen LogP contribution >= 0.6 is 23.2 Å². The van der Waals surface area contributed by atoms with Crippen LogP contribution in [0, 0.1) is 0 Å². The number of hydrogen-bond acceptors (Lipinski definition) is 4. The highest BCUT2D eigenvalue weighted by atomic mass is 35.5. The smallest absolute Gasteiger partial charge is 0.408 e. The Hall–Kier alpha value is -2.92. The molecule has 1 aromatic rings. The first-order valence-electron chi connectivity index (χ1n) is 9.44. The largest absolute Gasteiger partial charge is 0.465 e. The van der Waals surface area contributed by atoms with Crippen LogP contribution in [0.4, 0.5) is 20.1 Å². The number of anilines is 1. The van der Waals surface area contributed by atoms with Crippen LogP contribution in [0.3, 0.4) is 0 Å². The van der Waals surface area contributed by atoms with Gasteiger partial charge in [0.05, 0.1) is 16.6 Å². The van der Waals surface area contributed by atoms with Crippen molar-refractivity contribution in [3.8, 4) is 0 Å². The molecule has 2 fully saturated rings. The van der Waals surface area contributed by atoms with Crippen molar-refractivity contribution >= 4 is 53.0 Å². The zero-order valence-corrected chi connectivity index (χ0v) is 17.8. The van der Waals surface area contributed by atoms with Crippen LogP contribution in [0.15, 0.2) is 18.2 Å². The van der Waals surface area contributed by atoms with E-state index in [4.69, 9.17) is 23.2 Å². The first-order valence-corrected chi connectivity index (χ1v) is 10.2. The van der Waals surface area contributed by atoms with Crippen molar-refractivity contribution in [1.29, 1.82) is 0 Å². The van der Waals surface area contributed by atoms with E-state index >= 15 is 0 Å². The fourth-order valence-electron chi connectivity index (χ4n) is 3.51. The number of nitrogens with zero attached hydrogens (tertiary/aromatic N) is 4. The standard InChI is InChI=1S/C18H21Cl2N5O6/c19-12-2-1-11(9-13(12)20)21-16(27)23-5-3-22(4-6-23)15(26)14-10-24(17(28)29)7-8-25(14)18(30)31/h1-2,9,14H,3-8,10H2,(H,21,27)(H,28,29)(H,30,31). The quantitative estimate of drug-likeness (QED) is 0.601. The topological polar surface area (TPSA) is 134 Å². The molecule has 1 atom stereocenters. The van der Waals surface area contributed by atoms with E-state index in [1.54, 1.807) is 12.1 Å². The van der Waals surface area contributed by atoms with Crippen molar-refractivity contribution in [3.05, 3.63) is 28.2 Å². The molecule has 11 nitrogen and oxygen atoms in total. The van der Waals surface area contributed by atoms with E-state index < -0.39 is 24.1 Å². The first kappa shape index (κ1) is 22.8. The SMILES string of the molecule is O=C(O)N1CCN(C(=O)O)C(C(=O)N2CCN(C(=O)Nc3ccc(Cl)c(Cl)c3)CC2)C1. The number of hydrogen-bond donors (Lipinski definition) is 3. The summed E-state index contributed by atoms with van der Waals surface area (Å²) >= 11 is 11.8. The molecule has 0 aliphatic carbocycles. The Labute approximate surface area is 187 Å². The molecule has 13 heteroatoms. The van der Waals surface area contributed by atoms with E-state index in [2.05, 4.69) is 5.32 Å². The number of rotatable bonds is 2. The number of carboxylic acid groups (broad SMARTS) is 2. The molecule has 3 rings (SSSR count). The molecule has 0 spiro atoms. The number of urea groups is 1. The molecule has 2 heterocycles. The number of benzene rings is 1. The van der Waals surface area contributed by atoms with Gasteiger partial charge in [0.2, 0.25) is 5.91 Å². The van der Waals surface area contributed by atoms with E-state index in [1.165, 1.54) is 15.9 Å². The summed E-state index contributed by atoms with van der Waals surface area (Å²) in [5.41, 5.74) is 0.478. The minimum Gasteiger partial charge on any atom is -0.465 e. The summed E-state index contributed by atoms with van der Waals surface area (Å²) in [7, 11) is 0. The van der Waals surface area contributed by atoms with Gasteiger partial charge in [0.25, 0.3) is 0 Å². The lowest BCUT2D eigenvalue weighted by Gasteiger charge is -2.42. The molecular formula is C18H21Cl2N5O6. The van der Waals surface area contributed by atoms with E-state index in [9.17, 15) is 29.4 Å². The molecule has 0 radical (unpaired) electrons. The van der Waals surface area contributed by atoms with E-state index in [0.29, 0.717) is 15.7 Å². The number of amides is 5. The third-order valence-electron chi connectivity index (χ3n) is 5.23. The van der Waals surface area contributed by atoms with E-state index in [0.717, 1.165) is 9.80 Å². The Balaban J connectivity index is 1.59. The van der Waals surface area contributed by atoms with Crippen LogP contribution in [0.5, 0.6) is 0 Å². The minimum absolute atomic E-state index is 0.00801. The Kier molecular flexibility index (Phi) is 6.96. The van der Waals surface area contributed by atoms with Crippen LogP contribution in [0.25, 0.3) is 0 Å². The van der Waals surface area contributed by atoms with Gasteiger partial charge in [0.1, 0.15) is 6.04 Å². The molecule has 3 N–H and O–H groups in total. The zero-order chi connectivity index (χ0) is 22.7. The second-order valence-electron chi connectivity index (χ2n) is 7.09. The van der Waals surface area contributed by atoms with Crippen molar-refractivity contribution < 1.29 is 29.4 Å². The number of piperazine rings is 2. The summed E-state index contributed by atoms with van der Waals surface area (Å²) in [5.74, 6) is -0.474. The second kappa shape index (κ2) is 9.48. The predicted molar refractivity (Wildman–Crippen MR) is 112 cm³/mol. The third kappa shape index (κ3) is 5.23. The molecule has 5 amide bonds. The lowest BCUT2D eigenvalue weighted by atomic mass is 10.1. The predicted octanol–water partition coefficient (Wildman–Crippen LogP) is 2.01. The fraction of sp³-hybridized carbons (Fsp3) is 0.444. The summed E-state index contributed by atoms with van der Waals surface area (Å²) in [6, 6.07) is 3.23. The van der Waals surface area contributed by atoms with Crippen LogP contribution in [-0.2, 0) is 4.79 Å². The van der Waals surface area contributed by atoms with Gasteiger partial charge in [-0.3, -0.25) is 9.69 Å². The number of carbonyl (C=O) groups is 4. The van der Waals surface area contributed by atoms with E-state index in [-0.39, 0.29) is 51.8 Å². The van der Waals surface area contributed by atoms with Crippen LogP contribution < -0.4 is 5.32 Å². The summed E-state index contributed by atoms with van der Waals surface area (Å²) in [4.78, 5) is 53.1. The zero-order valence-electron chi connectivity index (χ0n) is 16.3. The molecule has 0 bridgehead atoms. The van der Waals surface area contributed by atoms with Gasteiger partial charge >= 0.3 is 18.2 Å². The third-order valence-corrected chi connectivity index (χ3v) is 5.97. The Morgan fingerprint density at radius 2 is 1.45 bits per heavy atom. The number of halogens is 2. The van der Waals surface area contributed by atoms with Gasteiger partial charge in [-0.25, -0.2) is 14.4 Å². The molecular weight excluding hydrogens is 453 g/mol. The monoisotopic (exact) mass is 473 g/mol. The molecule has 31 heavy (non-hydrogen) atoms. The summed E-state index contributed by atoms with van der Waals surface area (Å²) in [6.07, 6.45) is -2.48. The van der Waals surface area contributed by atoms with Crippen LogP contribution in [0.2, 0.25) is 10.0 Å². The van der Waals surface area contributed by atoms with Crippen molar-refractivity contribution in [1.82, 2.24) is 19.6 Å². The van der Waals surface area contributed by atoms with Crippen molar-refractivity contribution in [2.24, 2.45) is 0 Å². The second-order valence-corrected chi connectivity index (χ2v) is 7.91. The normalized spacial score (nSPS) is 19.2. The van der Waals surface area contributed by atoms with Crippen molar-refractivity contribution in [2.45, 2.75) is 6.04 Å². The van der Waals surface area contributed by atoms with Gasteiger partial charge in [0.15, 0.2) is 0 Å². The minimum atomic E-state index is -1.27. The maximum Gasteiger partial charge on any atom is 0.408 e. The van der Waals surface area contributed by atoms with Crippen molar-refractivity contribution in [3.63, 3.8) is 0 Å². The highest BCUT2D eigenvalue weighted by molar-refractivity contribution is 6.42. The maximum atomic E-state index is 12.9. The molecule has 1 unspecified atom stereocenters. The fourth-order valence-corrected chi connectivity index (χ4v) is 3.81. The molecule has 0 saturated carbocycles. The molecule has 168 valence electrons. The van der Waals surface area contributed by atoms with Crippen LogP contribution in [-0.4, -0.2) is 106 Å². The molecule has 2 saturated heterocycles. The van der Waals surface area contributed by atoms with Gasteiger partial charge in [-0.1, -0.05) is 23.2 Å². The van der Waals surface area contributed by atoms with Gasteiger partial charge in [-0.05, 0) is 18.2 Å². The summed E-state index contributed by atoms with van der Waals surface area (Å²) in [5, 5.41) is 22.0. The first-order chi connectivity index (χ1) is 14.7. The van der Waals surface area contributed by atoms with E-state index in [1.807, 2.05) is 0 Å². The average Bonchev–Trinajstić information content (AvgIpc) is 2.75. The lowest BCUT2D eigenvalue weighted by molar-refractivity contribution is -0.139. The number of nitrogens with one attached hydrogen (secondary N) is 1. The summed E-state index contributed by atoms with van der Waals surface area (Å²) in [6.45, 7) is 0.578. The lowest BCUT2D eigenvalue weighted by Crippen LogP contribution is -2.63. The molecule has 2 aliphatic rings. The van der Waals surface area contributed by atoms with Gasteiger partial charge in [-0.2, -0.15) is 0 Å². The highest BCUT2D eigenvalue weighted by Crippen LogP contribution is 2.25. The molecule has 1 aromatic carbocycles. The Morgan fingerprint density at radius 3 is 2.03 bits per heavy atom. The molecule has 2 aliphatic heterocycles. The number of carbonyl (C=O) groups excluding carboxylic acids is 2. The average molecular weight is 474 g/mol. The van der Waals surface area contributed by atoms with Crippen molar-refractivity contribution in [2.75, 3.05) is 51.1 Å². The van der Waals surface area contributed by atoms with Gasteiger partial charge in [0, 0.05) is 45.0 Å². The maximum absolute atomic E-state index is 12.9. The van der Waals surface area contributed by atoms with Gasteiger partial charge in [-0.15, -0.1) is 0 Å². The highest BCUT2D eigenvalue weighted by Gasteiger charge is 2.40. The van der Waals surface area contributed by atoms with Gasteiger partial charge < -0.3 is 30.2 Å². The molecule has 0 aromatic heterocycles.